The van der Waals surface area contributed by atoms with E-state index in [1.54, 1.807) is 18.2 Å². The van der Waals surface area contributed by atoms with Crippen LogP contribution in [0.4, 0.5) is 16.0 Å². The van der Waals surface area contributed by atoms with Crippen LogP contribution in [-0.4, -0.2) is 24.3 Å². The van der Waals surface area contributed by atoms with Crippen molar-refractivity contribution in [3.05, 3.63) is 78.4 Å². The highest BCUT2D eigenvalue weighted by Gasteiger charge is 2.45. The smallest absolute Gasteiger partial charge is 0.264 e. The van der Waals surface area contributed by atoms with Crippen LogP contribution in [0.2, 0.25) is 0 Å². The molecule has 30 heavy (non-hydrogen) atoms. The van der Waals surface area contributed by atoms with Gasteiger partial charge in [0.05, 0.1) is 10.3 Å². The molecule has 0 saturated heterocycles. The molecule has 0 spiro atoms. The highest BCUT2D eigenvalue weighted by atomic mass is 32.2. The van der Waals surface area contributed by atoms with E-state index in [2.05, 4.69) is 20.0 Å². The minimum atomic E-state index is -3.86. The Morgan fingerprint density at radius 3 is 2.30 bits per heavy atom. The zero-order valence-corrected chi connectivity index (χ0v) is 16.7. The van der Waals surface area contributed by atoms with Crippen LogP contribution in [0, 0.1) is 5.82 Å². The van der Waals surface area contributed by atoms with Crippen molar-refractivity contribution < 1.29 is 17.6 Å². The molecule has 3 aromatic rings. The molecule has 1 saturated carbocycles. The van der Waals surface area contributed by atoms with Gasteiger partial charge in [0.25, 0.3) is 10.0 Å². The Kier molecular flexibility index (Phi) is 5.21. The number of anilines is 2. The topological polar surface area (TPSA) is 101 Å². The van der Waals surface area contributed by atoms with Crippen molar-refractivity contribution >= 4 is 27.6 Å². The van der Waals surface area contributed by atoms with Gasteiger partial charge in [-0.15, -0.1) is 0 Å². The third-order valence-electron chi connectivity index (χ3n) is 5.23. The minimum absolute atomic E-state index is 0.0106. The van der Waals surface area contributed by atoms with Crippen molar-refractivity contribution in [1.82, 2.24) is 9.97 Å². The molecule has 154 valence electrons. The Balaban J connectivity index is 1.50. The number of carbonyl (C=O) groups is 1. The molecular formula is C21H19FN4O3S. The second-order valence-corrected chi connectivity index (χ2v) is 8.78. The summed E-state index contributed by atoms with van der Waals surface area (Å²) in [7, 11) is -3.86. The molecule has 0 radical (unpaired) electrons. The molecule has 2 N–H and O–H groups in total. The number of hydrogen-bond donors (Lipinski definition) is 2. The van der Waals surface area contributed by atoms with E-state index in [9.17, 15) is 17.6 Å². The standard InChI is InChI=1S/C21H19FN4O3S/c22-16-5-1-4-15(14-16)21(10-2-11-21)19(27)25-17-6-8-18(9-7-17)30(28,29)26-20-23-12-3-13-24-20/h1,3-9,12-14H,2,10-11H2,(H,25,27)(H,23,24,26). The van der Waals surface area contributed by atoms with Crippen molar-refractivity contribution in [2.45, 2.75) is 29.6 Å². The fourth-order valence-electron chi connectivity index (χ4n) is 3.46. The molecule has 0 bridgehead atoms. The maximum absolute atomic E-state index is 13.7. The minimum Gasteiger partial charge on any atom is -0.325 e. The summed E-state index contributed by atoms with van der Waals surface area (Å²) < 4.78 is 40.9. The quantitative estimate of drug-likeness (QED) is 0.629. The Bertz CT molecular complexity index is 1160. The average Bonchev–Trinajstić information content (AvgIpc) is 2.68. The van der Waals surface area contributed by atoms with Crippen LogP contribution >= 0.6 is 0 Å². The third kappa shape index (κ3) is 3.88. The maximum Gasteiger partial charge on any atom is 0.264 e. The summed E-state index contributed by atoms with van der Waals surface area (Å²) in [4.78, 5) is 20.7. The normalized spacial score (nSPS) is 15.1. The summed E-state index contributed by atoms with van der Waals surface area (Å²) in [5.74, 6) is -0.640. The lowest BCUT2D eigenvalue weighted by Gasteiger charge is -2.40. The molecular weight excluding hydrogens is 407 g/mol. The summed E-state index contributed by atoms with van der Waals surface area (Å²) in [5, 5.41) is 2.83. The average molecular weight is 426 g/mol. The molecule has 1 fully saturated rings. The first-order valence-corrected chi connectivity index (χ1v) is 10.8. The number of hydrogen-bond acceptors (Lipinski definition) is 5. The van der Waals surface area contributed by atoms with Gasteiger partial charge in [-0.25, -0.2) is 27.5 Å². The molecule has 1 heterocycles. The van der Waals surface area contributed by atoms with Crippen LogP contribution in [0.3, 0.4) is 0 Å². The fourth-order valence-corrected chi connectivity index (χ4v) is 4.42. The zero-order chi connectivity index (χ0) is 21.2. The van der Waals surface area contributed by atoms with E-state index in [0.717, 1.165) is 6.42 Å². The van der Waals surface area contributed by atoms with Gasteiger partial charge in [-0.2, -0.15) is 0 Å². The van der Waals surface area contributed by atoms with Gasteiger partial charge < -0.3 is 5.32 Å². The number of aromatic nitrogens is 2. The lowest BCUT2D eigenvalue weighted by atomic mass is 9.63. The SMILES string of the molecule is O=C(Nc1ccc(S(=O)(=O)Nc2ncccn2)cc1)C1(c2cccc(F)c2)CCC1. The molecule has 1 aromatic heterocycles. The highest BCUT2D eigenvalue weighted by molar-refractivity contribution is 7.92. The second kappa shape index (κ2) is 7.83. The predicted octanol–water partition coefficient (Wildman–Crippen LogP) is 3.48. The number of rotatable bonds is 6. The number of amides is 1. The highest BCUT2D eigenvalue weighted by Crippen LogP contribution is 2.44. The first-order chi connectivity index (χ1) is 14.4. The molecule has 0 aliphatic heterocycles. The summed E-state index contributed by atoms with van der Waals surface area (Å²) in [6.07, 6.45) is 5.01. The van der Waals surface area contributed by atoms with Crippen LogP contribution in [-0.2, 0) is 20.2 Å². The van der Waals surface area contributed by atoms with Crippen LogP contribution in [0.15, 0.2) is 71.9 Å². The Morgan fingerprint density at radius 1 is 1.00 bits per heavy atom. The molecule has 9 heteroatoms. The fraction of sp³-hybridized carbons (Fsp3) is 0.190. The van der Waals surface area contributed by atoms with Crippen molar-refractivity contribution in [1.29, 1.82) is 0 Å². The van der Waals surface area contributed by atoms with Gasteiger partial charge in [0.2, 0.25) is 11.9 Å². The van der Waals surface area contributed by atoms with E-state index >= 15 is 0 Å². The number of carbonyl (C=O) groups excluding carboxylic acids is 1. The van der Waals surface area contributed by atoms with Crippen LogP contribution < -0.4 is 10.0 Å². The van der Waals surface area contributed by atoms with Crippen LogP contribution in [0.1, 0.15) is 24.8 Å². The van der Waals surface area contributed by atoms with Crippen LogP contribution in [0.5, 0.6) is 0 Å². The number of nitrogens with one attached hydrogen (secondary N) is 2. The van der Waals surface area contributed by atoms with Gasteiger partial charge in [-0.3, -0.25) is 4.79 Å². The Morgan fingerprint density at radius 2 is 1.70 bits per heavy atom. The molecule has 7 nitrogen and oxygen atoms in total. The van der Waals surface area contributed by atoms with E-state index in [1.165, 1.54) is 48.8 Å². The van der Waals surface area contributed by atoms with Gasteiger partial charge in [0, 0.05) is 18.1 Å². The number of sulfonamides is 1. The van der Waals surface area contributed by atoms with Crippen molar-refractivity contribution in [3.8, 4) is 0 Å². The van der Waals surface area contributed by atoms with E-state index in [1.807, 2.05) is 0 Å². The summed E-state index contributed by atoms with van der Waals surface area (Å²) in [6.45, 7) is 0. The van der Waals surface area contributed by atoms with Gasteiger partial charge >= 0.3 is 0 Å². The largest absolute Gasteiger partial charge is 0.325 e. The van der Waals surface area contributed by atoms with Gasteiger partial charge in [0.1, 0.15) is 5.82 Å². The maximum atomic E-state index is 13.7. The molecule has 1 aliphatic carbocycles. The molecule has 0 atom stereocenters. The van der Waals surface area contributed by atoms with E-state index in [-0.39, 0.29) is 22.6 Å². The van der Waals surface area contributed by atoms with E-state index in [4.69, 9.17) is 0 Å². The molecule has 1 aliphatic rings. The van der Waals surface area contributed by atoms with E-state index < -0.39 is 15.4 Å². The summed E-state index contributed by atoms with van der Waals surface area (Å²) >= 11 is 0. The lowest BCUT2D eigenvalue weighted by molar-refractivity contribution is -0.124. The molecule has 2 aromatic carbocycles. The third-order valence-corrected chi connectivity index (χ3v) is 6.58. The van der Waals surface area contributed by atoms with Crippen LogP contribution in [0.25, 0.3) is 0 Å². The van der Waals surface area contributed by atoms with Crippen molar-refractivity contribution in [3.63, 3.8) is 0 Å². The lowest BCUT2D eigenvalue weighted by Crippen LogP contribution is -2.46. The summed E-state index contributed by atoms with van der Waals surface area (Å²) in [6, 6.07) is 13.5. The Hall–Kier alpha value is -3.33. The first-order valence-electron chi connectivity index (χ1n) is 9.36. The monoisotopic (exact) mass is 426 g/mol. The predicted molar refractivity (Wildman–Crippen MR) is 110 cm³/mol. The van der Waals surface area contributed by atoms with Crippen molar-refractivity contribution in [2.75, 3.05) is 10.0 Å². The first kappa shape index (κ1) is 20.0. The number of nitrogens with zero attached hydrogens (tertiary/aromatic N) is 2. The van der Waals surface area contributed by atoms with E-state index in [0.29, 0.717) is 24.1 Å². The second-order valence-electron chi connectivity index (χ2n) is 7.10. The zero-order valence-electron chi connectivity index (χ0n) is 15.9. The van der Waals surface area contributed by atoms with Crippen molar-refractivity contribution in [2.24, 2.45) is 0 Å². The molecule has 4 rings (SSSR count). The number of benzene rings is 2. The Labute approximate surface area is 173 Å². The molecule has 1 amide bonds. The summed E-state index contributed by atoms with van der Waals surface area (Å²) in [5.41, 5.74) is 0.342. The van der Waals surface area contributed by atoms with Gasteiger partial charge in [-0.1, -0.05) is 18.6 Å². The van der Waals surface area contributed by atoms with Gasteiger partial charge in [-0.05, 0) is 60.9 Å². The number of halogens is 1. The van der Waals surface area contributed by atoms with Gasteiger partial charge in [0.15, 0.2) is 0 Å². The molecule has 0 unspecified atom stereocenters.